The largest absolute Gasteiger partial charge is 0.543 e. The molecule has 2 heterocycles. The van der Waals surface area contributed by atoms with Crippen LogP contribution in [0.1, 0.15) is 38.1 Å². The molecule has 1 radical (unpaired) electrons. The van der Waals surface area contributed by atoms with Crippen LogP contribution in [0.4, 0.5) is 11.6 Å². The summed E-state index contributed by atoms with van der Waals surface area (Å²) >= 11 is 0. The van der Waals surface area contributed by atoms with Crippen molar-refractivity contribution in [1.29, 1.82) is 0 Å². The Hall–Kier alpha value is -4.08. The van der Waals surface area contributed by atoms with Gasteiger partial charge in [-0.05, 0) is 58.0 Å². The van der Waals surface area contributed by atoms with E-state index in [2.05, 4.69) is 34.2 Å². The predicted octanol–water partition coefficient (Wildman–Crippen LogP) is 3.58. The molecule has 0 aliphatic carbocycles. The molecule has 179 valence electrons. The molecule has 4 rings (SSSR count). The zero-order chi connectivity index (χ0) is 25.1. The highest BCUT2D eigenvalue weighted by molar-refractivity contribution is 6.35. The second-order valence-corrected chi connectivity index (χ2v) is 8.87. The van der Waals surface area contributed by atoms with E-state index in [4.69, 9.17) is 10.4 Å². The van der Waals surface area contributed by atoms with Crippen LogP contribution in [0.2, 0.25) is 0 Å². The van der Waals surface area contributed by atoms with Crippen LogP contribution in [-0.2, 0) is 7.05 Å². The first-order valence-corrected chi connectivity index (χ1v) is 11.5. The highest BCUT2D eigenvalue weighted by Crippen LogP contribution is 2.30. The highest BCUT2D eigenvalue weighted by Gasteiger charge is 2.19. The van der Waals surface area contributed by atoms with Crippen molar-refractivity contribution in [2.45, 2.75) is 39.8 Å². The molecular weight excluding hydrogens is 441 g/mol. The van der Waals surface area contributed by atoms with E-state index >= 15 is 0 Å². The fraction of sp³-hybridized carbons (Fsp3) is 0.280. The van der Waals surface area contributed by atoms with Crippen molar-refractivity contribution >= 4 is 36.2 Å². The van der Waals surface area contributed by atoms with Crippen LogP contribution in [0.25, 0.3) is 22.3 Å². The zero-order valence-electron chi connectivity index (χ0n) is 20.6. The van der Waals surface area contributed by atoms with Gasteiger partial charge >= 0.3 is 7.62 Å². The number of nitrogen functional groups attached to an aromatic ring is 1. The van der Waals surface area contributed by atoms with Crippen LogP contribution < -0.4 is 20.5 Å². The maximum absolute atomic E-state index is 12.4. The molecule has 9 nitrogen and oxygen atoms in total. The molecule has 0 atom stereocenters. The summed E-state index contributed by atoms with van der Waals surface area (Å²) in [5.74, 6) is 0.658. The third-order valence-electron chi connectivity index (χ3n) is 5.39. The van der Waals surface area contributed by atoms with Gasteiger partial charge in [-0.25, -0.2) is 9.67 Å². The molecule has 2 aromatic carbocycles. The Morgan fingerprint density at radius 1 is 1.14 bits per heavy atom. The number of aromatic nitrogens is 4. The summed E-state index contributed by atoms with van der Waals surface area (Å²) in [7, 11) is 3.50. The molecule has 10 heteroatoms. The van der Waals surface area contributed by atoms with Crippen molar-refractivity contribution < 1.29 is 9.45 Å². The summed E-state index contributed by atoms with van der Waals surface area (Å²) < 4.78 is 7.68. The molecule has 0 saturated carbocycles. The topological polar surface area (TPSA) is 111 Å². The second kappa shape index (κ2) is 10.0. The molecule has 0 fully saturated rings. The fourth-order valence-electron chi connectivity index (χ4n) is 3.73. The summed E-state index contributed by atoms with van der Waals surface area (Å²) in [6, 6.07) is 15.3. The van der Waals surface area contributed by atoms with Crippen molar-refractivity contribution in [3.63, 3.8) is 0 Å². The SMILES string of the molecule is CC(C)NC(=O)c1cccc(O[B]N(c2cccc(-c3nn(C)c4nc(N)ncc34)c2)C(C)C)c1. The van der Waals surface area contributed by atoms with Crippen LogP contribution in [-0.4, -0.2) is 45.4 Å². The van der Waals surface area contributed by atoms with Gasteiger partial charge in [-0.2, -0.15) is 10.1 Å². The molecule has 4 aromatic rings. The van der Waals surface area contributed by atoms with Crippen LogP contribution in [0, 0.1) is 0 Å². The number of carbonyl (C=O) groups is 1. The Kier molecular flexibility index (Phi) is 6.91. The average Bonchev–Trinajstić information content (AvgIpc) is 3.14. The first kappa shape index (κ1) is 24.1. The standard InChI is InChI=1S/C25H29BN7O2/c1-15(2)29-24(34)18-9-7-11-20(13-18)35-26-33(16(3)4)19-10-6-8-17(12-19)22-21-14-28-25(27)30-23(21)32(5)31-22/h6-16H,1-5H3,(H,29,34)(H2,27,28,30). The van der Waals surface area contributed by atoms with Crippen molar-refractivity contribution in [3.05, 3.63) is 60.3 Å². The fourth-order valence-corrected chi connectivity index (χ4v) is 3.73. The maximum Gasteiger partial charge on any atom is 0.521 e. The van der Waals surface area contributed by atoms with Gasteiger partial charge in [0.2, 0.25) is 5.95 Å². The van der Waals surface area contributed by atoms with Gasteiger partial charge in [0.15, 0.2) is 5.65 Å². The third-order valence-corrected chi connectivity index (χ3v) is 5.39. The monoisotopic (exact) mass is 470 g/mol. The lowest BCUT2D eigenvalue weighted by Gasteiger charge is -2.27. The molecule has 0 aliphatic heterocycles. The van der Waals surface area contributed by atoms with Crippen LogP contribution in [0.15, 0.2) is 54.7 Å². The van der Waals surface area contributed by atoms with Crippen molar-refractivity contribution in [2.75, 3.05) is 10.5 Å². The molecule has 0 spiro atoms. The number of nitrogens with one attached hydrogen (secondary N) is 1. The van der Waals surface area contributed by atoms with Gasteiger partial charge in [0.05, 0.1) is 5.39 Å². The van der Waals surface area contributed by atoms with E-state index in [1.165, 1.54) is 0 Å². The van der Waals surface area contributed by atoms with Crippen LogP contribution >= 0.6 is 0 Å². The minimum absolute atomic E-state index is 0.0579. The minimum Gasteiger partial charge on any atom is -0.543 e. The maximum atomic E-state index is 12.4. The van der Waals surface area contributed by atoms with E-state index in [1.54, 1.807) is 36.7 Å². The Bertz CT molecular complexity index is 1350. The summed E-state index contributed by atoms with van der Waals surface area (Å²) in [6.45, 7) is 8.01. The number of aryl methyl sites for hydroxylation is 1. The number of nitrogens with two attached hydrogens (primary N) is 1. The molecule has 0 bridgehead atoms. The van der Waals surface area contributed by atoms with Gasteiger partial charge < -0.3 is 20.5 Å². The summed E-state index contributed by atoms with van der Waals surface area (Å²) in [5, 5.41) is 8.37. The Balaban J connectivity index is 1.58. The highest BCUT2D eigenvalue weighted by atomic mass is 16.4. The molecule has 0 unspecified atom stereocenters. The lowest BCUT2D eigenvalue weighted by molar-refractivity contribution is 0.0943. The summed E-state index contributed by atoms with van der Waals surface area (Å²) in [4.78, 5) is 22.8. The number of benzene rings is 2. The number of rotatable bonds is 8. The molecule has 3 N–H and O–H groups in total. The Labute approximate surface area is 205 Å². The van der Waals surface area contributed by atoms with Crippen LogP contribution in [0.5, 0.6) is 5.75 Å². The molecule has 0 saturated heterocycles. The average molecular weight is 470 g/mol. The summed E-state index contributed by atoms with van der Waals surface area (Å²) in [6.07, 6.45) is 1.70. The van der Waals surface area contributed by atoms with Crippen LogP contribution in [0.3, 0.4) is 0 Å². The lowest BCUT2D eigenvalue weighted by atomic mass is 10.0. The van der Waals surface area contributed by atoms with Crippen molar-refractivity contribution in [3.8, 4) is 17.0 Å². The van der Waals surface area contributed by atoms with E-state index in [0.29, 0.717) is 17.0 Å². The lowest BCUT2D eigenvalue weighted by Crippen LogP contribution is -2.37. The number of hydrogen-bond donors (Lipinski definition) is 2. The van der Waals surface area contributed by atoms with Gasteiger partial charge in [-0.1, -0.05) is 18.2 Å². The number of amides is 1. The predicted molar refractivity (Wildman–Crippen MR) is 139 cm³/mol. The second-order valence-electron chi connectivity index (χ2n) is 8.87. The molecule has 2 aromatic heterocycles. The van der Waals surface area contributed by atoms with E-state index < -0.39 is 0 Å². The van der Waals surface area contributed by atoms with Crippen molar-refractivity contribution in [2.24, 2.45) is 7.05 Å². The first-order chi connectivity index (χ1) is 16.7. The zero-order valence-corrected chi connectivity index (χ0v) is 20.6. The first-order valence-electron chi connectivity index (χ1n) is 11.5. The molecule has 1 amide bonds. The number of carbonyl (C=O) groups excluding carboxylic acids is 1. The van der Waals surface area contributed by atoms with Gasteiger partial charge in [0.25, 0.3) is 5.91 Å². The van der Waals surface area contributed by atoms with E-state index in [-0.39, 0.29) is 23.9 Å². The minimum atomic E-state index is -0.132. The molecule has 35 heavy (non-hydrogen) atoms. The summed E-state index contributed by atoms with van der Waals surface area (Å²) in [5.41, 5.74) is 9.61. The van der Waals surface area contributed by atoms with Gasteiger partial charge in [0, 0.05) is 42.1 Å². The smallest absolute Gasteiger partial charge is 0.521 e. The van der Waals surface area contributed by atoms with E-state index in [9.17, 15) is 4.79 Å². The normalized spacial score (nSPS) is 11.2. The van der Waals surface area contributed by atoms with Gasteiger partial charge in [-0.15, -0.1) is 0 Å². The molecule has 0 aliphatic rings. The number of nitrogens with zero attached hydrogens (tertiary/aromatic N) is 5. The van der Waals surface area contributed by atoms with E-state index in [0.717, 1.165) is 22.3 Å². The Morgan fingerprint density at radius 2 is 1.91 bits per heavy atom. The van der Waals surface area contributed by atoms with Gasteiger partial charge in [-0.3, -0.25) is 4.79 Å². The molecular formula is C25H29BN7O2. The number of hydrogen-bond acceptors (Lipinski definition) is 7. The van der Waals surface area contributed by atoms with E-state index in [1.807, 2.05) is 56.0 Å². The number of fused-ring (bicyclic) bond motifs is 1. The Morgan fingerprint density at radius 3 is 2.66 bits per heavy atom. The number of anilines is 2. The van der Waals surface area contributed by atoms with Crippen molar-refractivity contribution in [1.82, 2.24) is 25.1 Å². The third kappa shape index (κ3) is 5.37. The quantitative estimate of drug-likeness (QED) is 0.379. The van der Waals surface area contributed by atoms with Gasteiger partial charge in [0.1, 0.15) is 11.4 Å².